The van der Waals surface area contributed by atoms with E-state index >= 15 is 0 Å². The van der Waals surface area contributed by atoms with Gasteiger partial charge in [-0.15, -0.1) is 0 Å². The van der Waals surface area contributed by atoms with Crippen molar-refractivity contribution in [2.24, 2.45) is 5.92 Å². The molecular formula is C14H16ClN3O3. The van der Waals surface area contributed by atoms with Gasteiger partial charge >= 0.3 is 0 Å². The van der Waals surface area contributed by atoms with Gasteiger partial charge in [0, 0.05) is 6.07 Å². The first-order chi connectivity index (χ1) is 10.0. The first-order valence-corrected chi connectivity index (χ1v) is 7.13. The molecule has 0 spiro atoms. The number of nitro benzene ring substituents is 1. The van der Waals surface area contributed by atoms with Gasteiger partial charge in [-0.3, -0.25) is 15.4 Å². The average Bonchev–Trinajstić information content (AvgIpc) is 3.29. The lowest BCUT2D eigenvalue weighted by molar-refractivity contribution is -0.384. The van der Waals surface area contributed by atoms with E-state index in [9.17, 15) is 15.4 Å². The molecule has 0 aromatic heterocycles. The van der Waals surface area contributed by atoms with Gasteiger partial charge in [0.15, 0.2) is 0 Å². The molecule has 1 unspecified atom stereocenters. The molecule has 0 radical (unpaired) electrons. The van der Waals surface area contributed by atoms with Crippen LogP contribution in [0, 0.1) is 27.4 Å². The zero-order chi connectivity index (χ0) is 15.5. The standard InChI is InChI=1S/C14H16ClN3O3/c1-2-17-14(8-16,10-3-4-10)9-21-13-7-11(18(19)20)5-6-12(13)15/h5-7,10,17H,2-4,9H2,1H3. The fraction of sp³-hybridized carbons (Fsp3) is 0.500. The van der Waals surface area contributed by atoms with Gasteiger partial charge in [-0.1, -0.05) is 18.5 Å². The van der Waals surface area contributed by atoms with Gasteiger partial charge in [-0.25, -0.2) is 0 Å². The number of non-ortho nitro benzene ring substituents is 1. The molecule has 1 aromatic rings. The first-order valence-electron chi connectivity index (χ1n) is 6.75. The number of nitro groups is 1. The van der Waals surface area contributed by atoms with Crippen molar-refractivity contribution in [2.45, 2.75) is 25.3 Å². The van der Waals surface area contributed by atoms with E-state index < -0.39 is 10.5 Å². The molecule has 0 heterocycles. The van der Waals surface area contributed by atoms with Gasteiger partial charge in [0.05, 0.1) is 22.1 Å². The van der Waals surface area contributed by atoms with Crippen LogP contribution in [0.25, 0.3) is 0 Å². The quantitative estimate of drug-likeness (QED) is 0.618. The molecule has 1 fully saturated rings. The van der Waals surface area contributed by atoms with Gasteiger partial charge in [0.2, 0.25) is 0 Å². The highest BCUT2D eigenvalue weighted by Gasteiger charge is 2.46. The summed E-state index contributed by atoms with van der Waals surface area (Å²) in [5.41, 5.74) is -0.852. The van der Waals surface area contributed by atoms with Crippen LogP contribution in [0.4, 0.5) is 5.69 Å². The van der Waals surface area contributed by atoms with E-state index in [1.54, 1.807) is 0 Å². The van der Waals surface area contributed by atoms with Gasteiger partial charge in [-0.05, 0) is 31.4 Å². The maximum absolute atomic E-state index is 10.8. The summed E-state index contributed by atoms with van der Waals surface area (Å²) in [7, 11) is 0. The Morgan fingerprint density at radius 3 is 2.86 bits per heavy atom. The average molecular weight is 310 g/mol. The van der Waals surface area contributed by atoms with Crippen LogP contribution in [0.2, 0.25) is 5.02 Å². The van der Waals surface area contributed by atoms with Crippen LogP contribution in [0.15, 0.2) is 18.2 Å². The number of likely N-dealkylation sites (N-methyl/N-ethyl adjacent to an activating group) is 1. The molecular weight excluding hydrogens is 294 g/mol. The molecule has 0 bridgehead atoms. The second-order valence-corrected chi connectivity index (χ2v) is 5.46. The largest absolute Gasteiger partial charge is 0.489 e. The molecule has 1 N–H and O–H groups in total. The summed E-state index contributed by atoms with van der Waals surface area (Å²) < 4.78 is 5.62. The molecule has 0 aliphatic heterocycles. The number of halogens is 1. The molecule has 1 aromatic carbocycles. The fourth-order valence-electron chi connectivity index (χ4n) is 2.28. The summed E-state index contributed by atoms with van der Waals surface area (Å²) >= 11 is 5.99. The lowest BCUT2D eigenvalue weighted by Gasteiger charge is -2.27. The zero-order valence-corrected chi connectivity index (χ0v) is 12.4. The summed E-state index contributed by atoms with van der Waals surface area (Å²) in [5, 5.41) is 23.7. The van der Waals surface area contributed by atoms with E-state index in [2.05, 4.69) is 11.4 Å². The predicted molar refractivity (Wildman–Crippen MR) is 78.3 cm³/mol. The second-order valence-electron chi connectivity index (χ2n) is 5.05. The van der Waals surface area contributed by atoms with Crippen molar-refractivity contribution in [1.82, 2.24) is 5.32 Å². The van der Waals surface area contributed by atoms with Crippen LogP contribution >= 0.6 is 11.6 Å². The summed E-state index contributed by atoms with van der Waals surface area (Å²) in [6, 6.07) is 6.31. The maximum Gasteiger partial charge on any atom is 0.273 e. The van der Waals surface area contributed by atoms with Crippen LogP contribution in [0.1, 0.15) is 19.8 Å². The second kappa shape index (κ2) is 6.29. The summed E-state index contributed by atoms with van der Waals surface area (Å²) in [4.78, 5) is 10.3. The van der Waals surface area contributed by atoms with Crippen molar-refractivity contribution in [3.63, 3.8) is 0 Å². The Balaban J connectivity index is 2.16. The Morgan fingerprint density at radius 1 is 1.62 bits per heavy atom. The normalized spacial score (nSPS) is 16.8. The lowest BCUT2D eigenvalue weighted by Crippen LogP contribution is -2.50. The van der Waals surface area contributed by atoms with Crippen LogP contribution in [0.3, 0.4) is 0 Å². The number of ether oxygens (including phenoxy) is 1. The summed E-state index contributed by atoms with van der Waals surface area (Å²) in [5.74, 6) is 0.476. The topological polar surface area (TPSA) is 88.2 Å². The van der Waals surface area contributed by atoms with Crippen molar-refractivity contribution < 1.29 is 9.66 Å². The van der Waals surface area contributed by atoms with E-state index in [1.165, 1.54) is 18.2 Å². The van der Waals surface area contributed by atoms with E-state index in [-0.39, 0.29) is 24.0 Å². The number of nitrogens with zero attached hydrogens (tertiary/aromatic N) is 2. The third-order valence-corrected chi connectivity index (χ3v) is 3.86. The molecule has 2 rings (SSSR count). The minimum absolute atomic E-state index is 0.0909. The minimum atomic E-state index is -0.761. The van der Waals surface area contributed by atoms with Crippen molar-refractivity contribution in [1.29, 1.82) is 5.26 Å². The Kier molecular flexibility index (Phi) is 4.66. The highest BCUT2D eigenvalue weighted by Crippen LogP contribution is 2.40. The van der Waals surface area contributed by atoms with Crippen LogP contribution in [-0.4, -0.2) is 23.6 Å². The van der Waals surface area contributed by atoms with Crippen LogP contribution in [-0.2, 0) is 0 Å². The first kappa shape index (κ1) is 15.5. The Labute approximate surface area is 127 Å². The van der Waals surface area contributed by atoms with E-state index in [0.29, 0.717) is 11.6 Å². The molecule has 112 valence electrons. The van der Waals surface area contributed by atoms with Gasteiger partial charge in [0.1, 0.15) is 17.9 Å². The lowest BCUT2D eigenvalue weighted by atomic mass is 9.96. The molecule has 1 saturated carbocycles. The molecule has 0 amide bonds. The van der Waals surface area contributed by atoms with Gasteiger partial charge < -0.3 is 4.74 Å². The highest BCUT2D eigenvalue weighted by molar-refractivity contribution is 6.32. The smallest absolute Gasteiger partial charge is 0.273 e. The number of hydrogen-bond acceptors (Lipinski definition) is 5. The third kappa shape index (κ3) is 3.43. The molecule has 7 heteroatoms. The maximum atomic E-state index is 10.8. The van der Waals surface area contributed by atoms with Crippen LogP contribution in [0.5, 0.6) is 5.75 Å². The predicted octanol–water partition coefficient (Wildman–Crippen LogP) is 2.91. The minimum Gasteiger partial charge on any atom is -0.489 e. The number of benzene rings is 1. The van der Waals surface area contributed by atoms with E-state index in [1.807, 2.05) is 6.92 Å². The van der Waals surface area contributed by atoms with Crippen molar-refractivity contribution in [3.05, 3.63) is 33.3 Å². The molecule has 1 aliphatic rings. The number of hydrogen-bond donors (Lipinski definition) is 1. The van der Waals surface area contributed by atoms with Gasteiger partial charge in [0.25, 0.3) is 5.69 Å². The Bertz CT molecular complexity index is 583. The van der Waals surface area contributed by atoms with Crippen molar-refractivity contribution >= 4 is 17.3 Å². The summed E-state index contributed by atoms with van der Waals surface area (Å²) in [6.07, 6.45) is 1.96. The summed E-state index contributed by atoms with van der Waals surface area (Å²) in [6.45, 7) is 2.69. The SMILES string of the molecule is CCNC(C#N)(COc1cc([N+](=O)[O-])ccc1Cl)C1CC1. The fourth-order valence-corrected chi connectivity index (χ4v) is 2.45. The van der Waals surface area contributed by atoms with Crippen LogP contribution < -0.4 is 10.1 Å². The number of nitriles is 1. The molecule has 6 nitrogen and oxygen atoms in total. The number of nitrogens with one attached hydrogen (secondary N) is 1. The third-order valence-electron chi connectivity index (χ3n) is 3.55. The Hall–Kier alpha value is -1.84. The highest BCUT2D eigenvalue weighted by atomic mass is 35.5. The molecule has 1 aliphatic carbocycles. The van der Waals surface area contributed by atoms with Crippen molar-refractivity contribution in [3.8, 4) is 11.8 Å². The monoisotopic (exact) mass is 309 g/mol. The number of rotatable bonds is 7. The van der Waals surface area contributed by atoms with E-state index in [4.69, 9.17) is 16.3 Å². The van der Waals surface area contributed by atoms with Gasteiger partial charge in [-0.2, -0.15) is 5.26 Å². The Morgan fingerprint density at radius 2 is 2.33 bits per heavy atom. The van der Waals surface area contributed by atoms with Crippen molar-refractivity contribution in [2.75, 3.05) is 13.2 Å². The zero-order valence-electron chi connectivity index (χ0n) is 11.6. The molecule has 1 atom stereocenters. The molecule has 0 saturated heterocycles. The van der Waals surface area contributed by atoms with E-state index in [0.717, 1.165) is 12.8 Å². The molecule has 21 heavy (non-hydrogen) atoms.